The van der Waals surface area contributed by atoms with Crippen LogP contribution < -0.4 is 10.9 Å². The maximum Gasteiger partial charge on any atom is 0.254 e. The zero-order chi connectivity index (χ0) is 12.1. The third-order valence-corrected chi connectivity index (χ3v) is 2.33. The number of rotatable bonds is 5. The van der Waals surface area contributed by atoms with E-state index < -0.39 is 0 Å². The van der Waals surface area contributed by atoms with Gasteiger partial charge in [-0.1, -0.05) is 13.5 Å². The number of aromatic nitrogens is 2. The highest BCUT2D eigenvalue weighted by Crippen LogP contribution is 1.98. The van der Waals surface area contributed by atoms with Gasteiger partial charge in [-0.2, -0.15) is 0 Å². The lowest BCUT2D eigenvalue weighted by atomic mass is 10.3. The summed E-state index contributed by atoms with van der Waals surface area (Å²) in [6, 6.07) is 1.55. The molecule has 4 nitrogen and oxygen atoms in total. The molecule has 0 aliphatic rings. The average molecular weight is 221 g/mol. The van der Waals surface area contributed by atoms with E-state index in [0.29, 0.717) is 6.54 Å². The van der Waals surface area contributed by atoms with E-state index >= 15 is 0 Å². The molecule has 0 saturated heterocycles. The van der Waals surface area contributed by atoms with Crippen LogP contribution in [-0.4, -0.2) is 22.6 Å². The molecule has 1 N–H and O–H groups in total. The number of nitrogens with zero attached hydrogens (tertiary/aromatic N) is 2. The van der Waals surface area contributed by atoms with Gasteiger partial charge in [0, 0.05) is 24.8 Å². The van der Waals surface area contributed by atoms with Crippen molar-refractivity contribution in [2.45, 2.75) is 27.3 Å². The van der Waals surface area contributed by atoms with E-state index in [1.807, 2.05) is 20.8 Å². The summed E-state index contributed by atoms with van der Waals surface area (Å²) >= 11 is 0. The largest absolute Gasteiger partial charge is 0.313 e. The fourth-order valence-corrected chi connectivity index (χ4v) is 1.54. The fraction of sp³-hybridized carbons (Fsp3) is 0.500. The summed E-state index contributed by atoms with van der Waals surface area (Å²) in [6.07, 6.45) is 0. The molecular formula is C12H19N3O. The SMILES string of the molecule is C=C(CNCC)Cn1c(C)nc(C)cc1=O. The molecule has 0 amide bonds. The Bertz CT molecular complexity index is 434. The van der Waals surface area contributed by atoms with Crippen molar-refractivity contribution in [3.05, 3.63) is 40.1 Å². The molecule has 1 aromatic rings. The summed E-state index contributed by atoms with van der Waals surface area (Å²) in [4.78, 5) is 16.0. The van der Waals surface area contributed by atoms with Crippen LogP contribution in [0.5, 0.6) is 0 Å². The van der Waals surface area contributed by atoms with Crippen molar-refractivity contribution in [1.29, 1.82) is 0 Å². The Balaban J connectivity index is 2.81. The first-order valence-electron chi connectivity index (χ1n) is 5.47. The topological polar surface area (TPSA) is 46.9 Å². The number of nitrogens with one attached hydrogen (secondary N) is 1. The molecule has 16 heavy (non-hydrogen) atoms. The molecule has 0 unspecified atom stereocenters. The molecule has 1 aromatic heterocycles. The second kappa shape index (κ2) is 5.61. The van der Waals surface area contributed by atoms with Gasteiger partial charge in [-0.15, -0.1) is 0 Å². The molecule has 0 aliphatic heterocycles. The Morgan fingerprint density at radius 1 is 1.56 bits per heavy atom. The van der Waals surface area contributed by atoms with Crippen LogP contribution in [0.2, 0.25) is 0 Å². The standard InChI is InChI=1S/C12H19N3O/c1-5-13-7-9(2)8-15-11(4)14-10(3)6-12(15)16/h6,13H,2,5,7-8H2,1,3-4H3. The second-order valence-electron chi connectivity index (χ2n) is 3.90. The van der Waals surface area contributed by atoms with Crippen molar-refractivity contribution in [3.63, 3.8) is 0 Å². The zero-order valence-corrected chi connectivity index (χ0v) is 10.2. The van der Waals surface area contributed by atoms with Crippen LogP contribution in [0, 0.1) is 13.8 Å². The number of aryl methyl sites for hydroxylation is 2. The molecule has 0 radical (unpaired) electrons. The van der Waals surface area contributed by atoms with E-state index in [-0.39, 0.29) is 5.56 Å². The highest BCUT2D eigenvalue weighted by atomic mass is 16.1. The molecule has 0 bridgehead atoms. The Morgan fingerprint density at radius 2 is 2.25 bits per heavy atom. The van der Waals surface area contributed by atoms with Gasteiger partial charge in [-0.25, -0.2) is 4.98 Å². The lowest BCUT2D eigenvalue weighted by molar-refractivity contribution is 0.653. The van der Waals surface area contributed by atoms with Crippen LogP contribution in [0.3, 0.4) is 0 Å². The predicted molar refractivity (Wildman–Crippen MR) is 65.7 cm³/mol. The van der Waals surface area contributed by atoms with E-state index in [9.17, 15) is 4.79 Å². The molecule has 0 atom stereocenters. The van der Waals surface area contributed by atoms with Crippen LogP contribution in [0.25, 0.3) is 0 Å². The molecule has 0 aromatic carbocycles. The third-order valence-electron chi connectivity index (χ3n) is 2.33. The van der Waals surface area contributed by atoms with E-state index in [1.165, 1.54) is 0 Å². The minimum atomic E-state index is -0.0114. The quantitative estimate of drug-likeness (QED) is 0.755. The summed E-state index contributed by atoms with van der Waals surface area (Å²) < 4.78 is 1.65. The summed E-state index contributed by atoms with van der Waals surface area (Å²) in [7, 11) is 0. The van der Waals surface area contributed by atoms with Crippen LogP contribution >= 0.6 is 0 Å². The van der Waals surface area contributed by atoms with Crippen LogP contribution in [0.15, 0.2) is 23.0 Å². The highest BCUT2D eigenvalue weighted by Gasteiger charge is 2.04. The summed E-state index contributed by atoms with van der Waals surface area (Å²) in [5, 5.41) is 3.18. The number of hydrogen-bond acceptors (Lipinski definition) is 3. The number of likely N-dealkylation sites (N-methyl/N-ethyl adjacent to an activating group) is 1. The van der Waals surface area contributed by atoms with Gasteiger partial charge in [0.15, 0.2) is 0 Å². The zero-order valence-electron chi connectivity index (χ0n) is 10.2. The van der Waals surface area contributed by atoms with Gasteiger partial charge in [0.1, 0.15) is 5.82 Å². The molecule has 1 heterocycles. The summed E-state index contributed by atoms with van der Waals surface area (Å²) in [5.41, 5.74) is 1.73. The van der Waals surface area contributed by atoms with Crippen molar-refractivity contribution in [2.75, 3.05) is 13.1 Å². The Kier molecular flexibility index (Phi) is 4.43. The molecule has 4 heteroatoms. The Morgan fingerprint density at radius 3 is 2.81 bits per heavy atom. The fourth-order valence-electron chi connectivity index (χ4n) is 1.54. The van der Waals surface area contributed by atoms with E-state index in [0.717, 1.165) is 30.2 Å². The van der Waals surface area contributed by atoms with Gasteiger partial charge in [0.25, 0.3) is 5.56 Å². The van der Waals surface area contributed by atoms with Crippen molar-refractivity contribution in [2.24, 2.45) is 0 Å². The molecule has 0 aliphatic carbocycles. The first-order valence-corrected chi connectivity index (χ1v) is 5.47. The smallest absolute Gasteiger partial charge is 0.254 e. The average Bonchev–Trinajstić information content (AvgIpc) is 2.20. The van der Waals surface area contributed by atoms with Crippen molar-refractivity contribution in [3.8, 4) is 0 Å². The second-order valence-corrected chi connectivity index (χ2v) is 3.90. The minimum absolute atomic E-state index is 0.0114. The summed E-state index contributed by atoms with van der Waals surface area (Å²) in [6.45, 7) is 11.8. The van der Waals surface area contributed by atoms with Gasteiger partial charge >= 0.3 is 0 Å². The molecule has 0 saturated carbocycles. The van der Waals surface area contributed by atoms with Crippen LogP contribution in [0.4, 0.5) is 0 Å². The molecule has 88 valence electrons. The lowest BCUT2D eigenvalue weighted by Gasteiger charge is -2.11. The number of hydrogen-bond donors (Lipinski definition) is 1. The Hall–Kier alpha value is -1.42. The lowest BCUT2D eigenvalue weighted by Crippen LogP contribution is -2.27. The first-order chi connectivity index (χ1) is 7.54. The normalized spacial score (nSPS) is 10.4. The molecule has 0 fully saturated rings. The van der Waals surface area contributed by atoms with Crippen LogP contribution in [-0.2, 0) is 6.54 Å². The van der Waals surface area contributed by atoms with Crippen molar-refractivity contribution >= 4 is 0 Å². The highest BCUT2D eigenvalue weighted by molar-refractivity contribution is 5.05. The van der Waals surface area contributed by atoms with Gasteiger partial charge in [0.2, 0.25) is 0 Å². The predicted octanol–water partition coefficient (Wildman–Crippen LogP) is 1.03. The van der Waals surface area contributed by atoms with Gasteiger partial charge in [0.05, 0.1) is 0 Å². The van der Waals surface area contributed by atoms with Gasteiger partial charge in [-0.05, 0) is 26.0 Å². The van der Waals surface area contributed by atoms with Gasteiger partial charge in [-0.3, -0.25) is 9.36 Å². The Labute approximate surface area is 96.0 Å². The molecular weight excluding hydrogens is 202 g/mol. The maximum absolute atomic E-state index is 11.7. The molecule has 0 spiro atoms. The van der Waals surface area contributed by atoms with E-state index in [1.54, 1.807) is 10.6 Å². The van der Waals surface area contributed by atoms with Crippen LogP contribution in [0.1, 0.15) is 18.4 Å². The minimum Gasteiger partial charge on any atom is -0.313 e. The third kappa shape index (κ3) is 3.31. The van der Waals surface area contributed by atoms with Crippen molar-refractivity contribution in [1.82, 2.24) is 14.9 Å². The maximum atomic E-state index is 11.7. The van der Waals surface area contributed by atoms with E-state index in [2.05, 4.69) is 16.9 Å². The first kappa shape index (κ1) is 12.6. The van der Waals surface area contributed by atoms with Crippen molar-refractivity contribution < 1.29 is 0 Å². The summed E-state index contributed by atoms with van der Waals surface area (Å²) in [5.74, 6) is 0.739. The van der Waals surface area contributed by atoms with E-state index in [4.69, 9.17) is 0 Å². The van der Waals surface area contributed by atoms with Gasteiger partial charge < -0.3 is 5.32 Å². The monoisotopic (exact) mass is 221 g/mol. The molecule has 1 rings (SSSR count).